The highest BCUT2D eigenvalue weighted by molar-refractivity contribution is 5.85. The zero-order chi connectivity index (χ0) is 16.7. The molecule has 0 aliphatic heterocycles. The molecule has 0 amide bonds. The molecule has 0 aliphatic carbocycles. The van der Waals surface area contributed by atoms with Gasteiger partial charge in [-0.15, -0.1) is 0 Å². The second-order valence-corrected chi connectivity index (χ2v) is 6.00. The third-order valence-corrected chi connectivity index (χ3v) is 3.97. The van der Waals surface area contributed by atoms with Gasteiger partial charge in [-0.25, -0.2) is 14.1 Å². The van der Waals surface area contributed by atoms with Gasteiger partial charge in [0.25, 0.3) is 0 Å². The number of aromatic nitrogens is 3. The van der Waals surface area contributed by atoms with Crippen LogP contribution in [0.15, 0.2) is 24.3 Å². The molecule has 23 heavy (non-hydrogen) atoms. The van der Waals surface area contributed by atoms with Crippen LogP contribution in [0.5, 0.6) is 5.75 Å². The molecular formula is C18H20FN3O. The Labute approximate surface area is 134 Å². The van der Waals surface area contributed by atoms with Crippen molar-refractivity contribution in [2.45, 2.75) is 33.7 Å². The molecule has 0 atom stereocenters. The Bertz CT molecular complexity index is 884. The molecule has 5 heteroatoms. The molecule has 0 fully saturated rings. The standard InChI is InChI=1S/C18H20FN3O/c1-10(2)22-18-17(12(4)21-22)11(3)8-15(20-18)13-6-7-14(19)16(9-13)23-5/h6-10H,1-5H3. The topological polar surface area (TPSA) is 39.9 Å². The van der Waals surface area contributed by atoms with Crippen LogP contribution in [0.25, 0.3) is 22.3 Å². The molecule has 3 rings (SSSR count). The van der Waals surface area contributed by atoms with Crippen molar-refractivity contribution in [3.8, 4) is 17.0 Å². The van der Waals surface area contributed by atoms with Gasteiger partial charge >= 0.3 is 0 Å². The summed E-state index contributed by atoms with van der Waals surface area (Å²) in [6, 6.07) is 7.02. The van der Waals surface area contributed by atoms with Crippen molar-refractivity contribution < 1.29 is 9.13 Å². The number of benzene rings is 1. The molecule has 0 saturated heterocycles. The number of halogens is 1. The summed E-state index contributed by atoms with van der Waals surface area (Å²) in [7, 11) is 1.46. The van der Waals surface area contributed by atoms with Gasteiger partial charge in [-0.1, -0.05) is 0 Å². The molecule has 0 N–H and O–H groups in total. The van der Waals surface area contributed by atoms with Gasteiger partial charge in [0, 0.05) is 17.0 Å². The average Bonchev–Trinajstić information content (AvgIpc) is 2.85. The van der Waals surface area contributed by atoms with E-state index in [-0.39, 0.29) is 17.6 Å². The molecule has 3 aromatic rings. The Hall–Kier alpha value is -2.43. The molecule has 1 aromatic carbocycles. The van der Waals surface area contributed by atoms with Crippen LogP contribution in [0.3, 0.4) is 0 Å². The Balaban J connectivity index is 2.25. The van der Waals surface area contributed by atoms with E-state index in [9.17, 15) is 4.39 Å². The first kappa shape index (κ1) is 15.5. The van der Waals surface area contributed by atoms with Crippen LogP contribution in [0.2, 0.25) is 0 Å². The van der Waals surface area contributed by atoms with Gasteiger partial charge in [0.2, 0.25) is 0 Å². The van der Waals surface area contributed by atoms with Crippen LogP contribution >= 0.6 is 0 Å². The second-order valence-electron chi connectivity index (χ2n) is 6.00. The molecular weight excluding hydrogens is 293 g/mol. The Morgan fingerprint density at radius 1 is 1.17 bits per heavy atom. The predicted molar refractivity (Wildman–Crippen MR) is 89.3 cm³/mol. The van der Waals surface area contributed by atoms with Crippen molar-refractivity contribution in [2.24, 2.45) is 0 Å². The van der Waals surface area contributed by atoms with Crippen LogP contribution in [0.4, 0.5) is 4.39 Å². The fraction of sp³-hybridized carbons (Fsp3) is 0.333. The number of pyridine rings is 1. The molecule has 0 aliphatic rings. The minimum absolute atomic E-state index is 0.218. The van der Waals surface area contributed by atoms with Crippen LogP contribution in [-0.2, 0) is 0 Å². The van der Waals surface area contributed by atoms with Gasteiger partial charge in [-0.3, -0.25) is 0 Å². The number of fused-ring (bicyclic) bond motifs is 1. The lowest BCUT2D eigenvalue weighted by Crippen LogP contribution is -2.04. The fourth-order valence-electron chi connectivity index (χ4n) is 2.85. The summed E-state index contributed by atoms with van der Waals surface area (Å²) in [5.74, 6) is -0.160. The number of nitrogens with zero attached hydrogens (tertiary/aromatic N) is 3. The Morgan fingerprint density at radius 2 is 1.91 bits per heavy atom. The second kappa shape index (κ2) is 5.65. The zero-order valence-corrected chi connectivity index (χ0v) is 14.0. The largest absolute Gasteiger partial charge is 0.494 e. The Kier molecular flexibility index (Phi) is 3.80. The number of hydrogen-bond acceptors (Lipinski definition) is 3. The van der Waals surface area contributed by atoms with E-state index in [1.54, 1.807) is 12.1 Å². The summed E-state index contributed by atoms with van der Waals surface area (Å²) in [4.78, 5) is 4.78. The van der Waals surface area contributed by atoms with Crippen LogP contribution in [-0.4, -0.2) is 21.9 Å². The van der Waals surface area contributed by atoms with Crippen molar-refractivity contribution in [1.29, 1.82) is 0 Å². The maximum absolute atomic E-state index is 13.6. The van der Waals surface area contributed by atoms with Crippen molar-refractivity contribution in [2.75, 3.05) is 7.11 Å². The lowest BCUT2D eigenvalue weighted by molar-refractivity contribution is 0.387. The molecule has 0 bridgehead atoms. The molecule has 0 saturated carbocycles. The molecule has 2 aromatic heterocycles. The highest BCUT2D eigenvalue weighted by Crippen LogP contribution is 2.30. The first-order chi connectivity index (χ1) is 10.9. The minimum atomic E-state index is -0.378. The summed E-state index contributed by atoms with van der Waals surface area (Å²) < 4.78 is 20.6. The molecule has 2 heterocycles. The number of methoxy groups -OCH3 is 1. The van der Waals surface area contributed by atoms with Crippen LogP contribution < -0.4 is 4.74 Å². The third kappa shape index (κ3) is 2.56. The van der Waals surface area contributed by atoms with Crippen molar-refractivity contribution >= 4 is 11.0 Å². The minimum Gasteiger partial charge on any atom is -0.494 e. The molecule has 0 radical (unpaired) electrons. The molecule has 0 unspecified atom stereocenters. The first-order valence-corrected chi connectivity index (χ1v) is 7.62. The van der Waals surface area contributed by atoms with Gasteiger partial charge in [-0.05, 0) is 57.5 Å². The number of ether oxygens (including phenoxy) is 1. The normalized spacial score (nSPS) is 11.4. The number of rotatable bonds is 3. The SMILES string of the molecule is COc1cc(-c2cc(C)c3c(C)nn(C(C)C)c3n2)ccc1F. The lowest BCUT2D eigenvalue weighted by Gasteiger charge is -2.10. The quantitative estimate of drug-likeness (QED) is 0.717. The molecule has 120 valence electrons. The zero-order valence-electron chi connectivity index (χ0n) is 14.0. The van der Waals surface area contributed by atoms with Gasteiger partial charge < -0.3 is 4.74 Å². The highest BCUT2D eigenvalue weighted by atomic mass is 19.1. The van der Waals surface area contributed by atoms with Crippen molar-refractivity contribution in [3.05, 3.63) is 41.3 Å². The fourth-order valence-corrected chi connectivity index (χ4v) is 2.85. The van der Waals surface area contributed by atoms with Crippen LogP contribution in [0, 0.1) is 19.7 Å². The van der Waals surface area contributed by atoms with Gasteiger partial charge in [0.15, 0.2) is 17.2 Å². The Morgan fingerprint density at radius 3 is 2.57 bits per heavy atom. The molecule has 0 spiro atoms. The van der Waals surface area contributed by atoms with Gasteiger partial charge in [0.05, 0.1) is 18.5 Å². The number of aryl methyl sites for hydroxylation is 2. The summed E-state index contributed by atoms with van der Waals surface area (Å²) in [5.41, 5.74) is 4.55. The predicted octanol–water partition coefficient (Wildman–Crippen LogP) is 4.44. The lowest BCUT2D eigenvalue weighted by atomic mass is 10.1. The third-order valence-electron chi connectivity index (χ3n) is 3.97. The summed E-state index contributed by atoms with van der Waals surface area (Å²) in [6.45, 7) is 8.21. The summed E-state index contributed by atoms with van der Waals surface area (Å²) in [5, 5.41) is 5.68. The van der Waals surface area contributed by atoms with Crippen molar-refractivity contribution in [3.63, 3.8) is 0 Å². The van der Waals surface area contributed by atoms with Gasteiger partial charge in [0.1, 0.15) is 0 Å². The highest BCUT2D eigenvalue weighted by Gasteiger charge is 2.16. The van der Waals surface area contributed by atoms with E-state index in [1.807, 2.05) is 24.6 Å². The maximum atomic E-state index is 13.6. The average molecular weight is 313 g/mol. The van der Waals surface area contributed by atoms with E-state index in [2.05, 4.69) is 18.9 Å². The van der Waals surface area contributed by atoms with Crippen molar-refractivity contribution in [1.82, 2.24) is 14.8 Å². The maximum Gasteiger partial charge on any atom is 0.165 e. The van der Waals surface area contributed by atoms with E-state index >= 15 is 0 Å². The van der Waals surface area contributed by atoms with E-state index in [0.717, 1.165) is 33.5 Å². The monoisotopic (exact) mass is 313 g/mol. The van der Waals surface area contributed by atoms with E-state index < -0.39 is 0 Å². The van der Waals surface area contributed by atoms with Crippen LogP contribution in [0.1, 0.15) is 31.1 Å². The number of hydrogen-bond donors (Lipinski definition) is 0. The summed E-state index contributed by atoms with van der Waals surface area (Å²) >= 11 is 0. The summed E-state index contributed by atoms with van der Waals surface area (Å²) in [6.07, 6.45) is 0. The smallest absolute Gasteiger partial charge is 0.165 e. The van der Waals surface area contributed by atoms with Gasteiger partial charge in [-0.2, -0.15) is 5.10 Å². The van der Waals surface area contributed by atoms with E-state index in [0.29, 0.717) is 0 Å². The van der Waals surface area contributed by atoms with E-state index in [4.69, 9.17) is 9.72 Å². The van der Waals surface area contributed by atoms with E-state index in [1.165, 1.54) is 13.2 Å². The molecule has 4 nitrogen and oxygen atoms in total. The first-order valence-electron chi connectivity index (χ1n) is 7.62.